The van der Waals surface area contributed by atoms with Crippen molar-refractivity contribution in [2.45, 2.75) is 9.79 Å². The normalized spacial score (nSPS) is 12.1. The summed E-state index contributed by atoms with van der Waals surface area (Å²) in [6.07, 6.45) is 1.31. The zero-order chi connectivity index (χ0) is 18.8. The Balaban J connectivity index is 1.64. The monoisotopic (exact) mass is 379 g/mol. The SMILES string of the molecule is O=C(COc1cccnc1[N+](=O)[O-])N1c2ccccc2Sc2ccccc21. The molecule has 1 aromatic heterocycles. The second-order valence-electron chi connectivity index (χ2n) is 5.64. The number of fused-ring (bicyclic) bond motifs is 2. The van der Waals surface area contributed by atoms with Gasteiger partial charge >= 0.3 is 5.82 Å². The van der Waals surface area contributed by atoms with Crippen LogP contribution in [-0.2, 0) is 4.79 Å². The number of nitro groups is 1. The second-order valence-corrected chi connectivity index (χ2v) is 6.72. The first-order valence-electron chi connectivity index (χ1n) is 8.06. The van der Waals surface area contributed by atoms with Gasteiger partial charge in [-0.05, 0) is 46.3 Å². The standard InChI is InChI=1S/C19H13N3O4S/c23-18(12-26-15-8-5-11-20-19(15)22(24)25)21-13-6-1-3-9-16(13)27-17-10-4-2-7-14(17)21/h1-11H,12H2. The maximum absolute atomic E-state index is 13.0. The molecule has 4 rings (SSSR count). The molecule has 0 fully saturated rings. The lowest BCUT2D eigenvalue weighted by atomic mass is 10.2. The van der Waals surface area contributed by atoms with Crippen LogP contribution in [0.25, 0.3) is 0 Å². The van der Waals surface area contributed by atoms with Gasteiger partial charge in [0.15, 0.2) is 6.61 Å². The van der Waals surface area contributed by atoms with Crippen LogP contribution in [0.2, 0.25) is 0 Å². The third kappa shape index (κ3) is 3.22. The van der Waals surface area contributed by atoms with Crippen molar-refractivity contribution in [3.63, 3.8) is 0 Å². The van der Waals surface area contributed by atoms with Crippen LogP contribution >= 0.6 is 11.8 Å². The minimum atomic E-state index is -0.637. The molecule has 27 heavy (non-hydrogen) atoms. The average molecular weight is 379 g/mol. The number of para-hydroxylation sites is 2. The van der Waals surface area contributed by atoms with E-state index in [0.717, 1.165) is 21.2 Å². The lowest BCUT2D eigenvalue weighted by Crippen LogP contribution is -2.32. The summed E-state index contributed by atoms with van der Waals surface area (Å²) >= 11 is 1.59. The summed E-state index contributed by atoms with van der Waals surface area (Å²) in [5, 5.41) is 11.1. The molecule has 1 aliphatic rings. The van der Waals surface area contributed by atoms with Gasteiger partial charge in [-0.15, -0.1) is 0 Å². The first kappa shape index (κ1) is 17.0. The van der Waals surface area contributed by atoms with E-state index in [1.807, 2.05) is 48.5 Å². The van der Waals surface area contributed by atoms with Crippen LogP contribution < -0.4 is 9.64 Å². The quantitative estimate of drug-likeness (QED) is 0.499. The van der Waals surface area contributed by atoms with Crippen molar-refractivity contribution in [1.82, 2.24) is 4.98 Å². The van der Waals surface area contributed by atoms with Crippen molar-refractivity contribution >= 4 is 34.9 Å². The van der Waals surface area contributed by atoms with Gasteiger partial charge in [-0.1, -0.05) is 36.0 Å². The zero-order valence-electron chi connectivity index (χ0n) is 13.9. The molecule has 0 unspecified atom stereocenters. The van der Waals surface area contributed by atoms with Gasteiger partial charge in [0.05, 0.1) is 11.4 Å². The molecule has 0 N–H and O–H groups in total. The summed E-state index contributed by atoms with van der Waals surface area (Å²) in [6, 6.07) is 18.1. The highest BCUT2D eigenvalue weighted by atomic mass is 32.2. The summed E-state index contributed by atoms with van der Waals surface area (Å²) in [7, 11) is 0. The molecular weight excluding hydrogens is 366 g/mol. The smallest absolute Gasteiger partial charge is 0.406 e. The molecule has 2 heterocycles. The summed E-state index contributed by atoms with van der Waals surface area (Å²) in [6.45, 7) is -0.347. The van der Waals surface area contributed by atoms with Gasteiger partial charge in [0.2, 0.25) is 5.75 Å². The average Bonchev–Trinajstić information content (AvgIpc) is 2.70. The fourth-order valence-electron chi connectivity index (χ4n) is 2.81. The number of carbonyl (C=O) groups is 1. The lowest BCUT2D eigenvalue weighted by molar-refractivity contribution is -0.390. The highest BCUT2D eigenvalue weighted by Crippen LogP contribution is 2.47. The van der Waals surface area contributed by atoms with E-state index in [9.17, 15) is 14.9 Å². The van der Waals surface area contributed by atoms with Gasteiger partial charge in [-0.2, -0.15) is 0 Å². The molecule has 134 valence electrons. The minimum Gasteiger partial charge on any atom is -0.476 e. The Kier molecular flexibility index (Phi) is 4.47. The number of carbonyl (C=O) groups excluding carboxylic acids is 1. The fraction of sp³-hybridized carbons (Fsp3) is 0.0526. The Labute approximate surface area is 158 Å². The third-order valence-corrected chi connectivity index (χ3v) is 5.09. The molecule has 2 aromatic carbocycles. The Bertz CT molecular complexity index is 995. The molecule has 3 aromatic rings. The fourth-order valence-corrected chi connectivity index (χ4v) is 3.87. The van der Waals surface area contributed by atoms with Gasteiger partial charge in [-0.25, -0.2) is 0 Å². The van der Waals surface area contributed by atoms with Gasteiger partial charge in [-0.3, -0.25) is 9.69 Å². The number of amides is 1. The van der Waals surface area contributed by atoms with E-state index in [-0.39, 0.29) is 18.3 Å². The highest BCUT2D eigenvalue weighted by molar-refractivity contribution is 7.99. The van der Waals surface area contributed by atoms with Crippen molar-refractivity contribution in [2.24, 2.45) is 0 Å². The minimum absolute atomic E-state index is 0.0381. The second kappa shape index (κ2) is 7.08. The molecule has 0 aliphatic carbocycles. The van der Waals surface area contributed by atoms with Crippen LogP contribution in [0.15, 0.2) is 76.7 Å². The largest absolute Gasteiger partial charge is 0.476 e. The summed E-state index contributed by atoms with van der Waals surface area (Å²) < 4.78 is 5.44. The zero-order valence-corrected chi connectivity index (χ0v) is 14.8. The lowest BCUT2D eigenvalue weighted by Gasteiger charge is -2.30. The van der Waals surface area contributed by atoms with Crippen LogP contribution in [0.4, 0.5) is 17.2 Å². The van der Waals surface area contributed by atoms with E-state index in [2.05, 4.69) is 4.98 Å². The predicted octanol–water partition coefficient (Wildman–Crippen LogP) is 4.20. The van der Waals surface area contributed by atoms with Gasteiger partial charge < -0.3 is 14.9 Å². The Hall–Kier alpha value is -3.39. The van der Waals surface area contributed by atoms with E-state index in [1.165, 1.54) is 18.3 Å². The van der Waals surface area contributed by atoms with Crippen LogP contribution in [0.3, 0.4) is 0 Å². The van der Waals surface area contributed by atoms with Gasteiger partial charge in [0.1, 0.15) is 6.20 Å². The number of hydrogen-bond acceptors (Lipinski definition) is 6. The number of aromatic nitrogens is 1. The number of anilines is 2. The molecular formula is C19H13N3O4S. The maximum atomic E-state index is 13.0. The molecule has 7 nitrogen and oxygen atoms in total. The van der Waals surface area contributed by atoms with Crippen molar-refractivity contribution in [2.75, 3.05) is 11.5 Å². The molecule has 0 bridgehead atoms. The predicted molar refractivity (Wildman–Crippen MR) is 101 cm³/mol. The Morgan fingerprint density at radius 3 is 2.30 bits per heavy atom. The summed E-state index contributed by atoms with van der Waals surface area (Å²) in [5.41, 5.74) is 1.52. The number of ether oxygens (including phenoxy) is 1. The number of benzene rings is 2. The molecule has 0 saturated carbocycles. The molecule has 0 saturated heterocycles. The van der Waals surface area contributed by atoms with Gasteiger partial charge in [0.25, 0.3) is 5.91 Å². The van der Waals surface area contributed by atoms with E-state index in [1.54, 1.807) is 16.7 Å². The molecule has 0 radical (unpaired) electrons. The number of rotatable bonds is 4. The van der Waals surface area contributed by atoms with Crippen molar-refractivity contribution in [3.05, 3.63) is 77.0 Å². The van der Waals surface area contributed by atoms with E-state index in [4.69, 9.17) is 4.74 Å². The molecule has 1 amide bonds. The van der Waals surface area contributed by atoms with Crippen molar-refractivity contribution < 1.29 is 14.5 Å². The van der Waals surface area contributed by atoms with E-state index >= 15 is 0 Å². The topological polar surface area (TPSA) is 85.6 Å². The number of hydrogen-bond donors (Lipinski definition) is 0. The van der Waals surface area contributed by atoms with E-state index < -0.39 is 10.7 Å². The Morgan fingerprint density at radius 2 is 1.67 bits per heavy atom. The molecule has 1 aliphatic heterocycles. The first-order valence-corrected chi connectivity index (χ1v) is 8.88. The Morgan fingerprint density at radius 1 is 1.04 bits per heavy atom. The van der Waals surface area contributed by atoms with Crippen LogP contribution in [0.1, 0.15) is 0 Å². The highest BCUT2D eigenvalue weighted by Gasteiger charge is 2.28. The van der Waals surface area contributed by atoms with Crippen LogP contribution in [-0.4, -0.2) is 22.4 Å². The summed E-state index contributed by atoms with van der Waals surface area (Å²) in [4.78, 5) is 30.6. The molecule has 0 atom stereocenters. The van der Waals surface area contributed by atoms with Crippen molar-refractivity contribution in [1.29, 1.82) is 0 Å². The first-order chi connectivity index (χ1) is 13.1. The maximum Gasteiger partial charge on any atom is 0.406 e. The molecule has 8 heteroatoms. The molecule has 0 spiro atoms. The number of nitrogens with zero attached hydrogens (tertiary/aromatic N) is 3. The third-order valence-electron chi connectivity index (χ3n) is 3.96. The van der Waals surface area contributed by atoms with Gasteiger partial charge in [0, 0.05) is 9.79 Å². The van der Waals surface area contributed by atoms with E-state index in [0.29, 0.717) is 0 Å². The van der Waals surface area contributed by atoms with Crippen LogP contribution in [0, 0.1) is 10.1 Å². The van der Waals surface area contributed by atoms with Crippen molar-refractivity contribution in [3.8, 4) is 5.75 Å². The number of pyridine rings is 1. The summed E-state index contributed by atoms with van der Waals surface area (Å²) in [5.74, 6) is -0.780. The van der Waals surface area contributed by atoms with Crippen LogP contribution in [0.5, 0.6) is 5.75 Å².